The number of nitriles is 1. The molecule has 72 valence electrons. The quantitative estimate of drug-likeness (QED) is 0.687. The molecular formula is C11H7N3O. The Bertz CT molecular complexity index is 566. The van der Waals surface area contributed by atoms with Gasteiger partial charge in [-0.2, -0.15) is 5.26 Å². The highest BCUT2D eigenvalue weighted by atomic mass is 16.1. The summed E-state index contributed by atoms with van der Waals surface area (Å²) < 4.78 is 1.39. The molecule has 2 rings (SSSR count). The maximum absolute atomic E-state index is 11.7. The summed E-state index contributed by atoms with van der Waals surface area (Å²) in [7, 11) is 0. The lowest BCUT2D eigenvalue weighted by atomic mass is 10.3. The highest BCUT2D eigenvalue weighted by molar-refractivity contribution is 5.33. The Morgan fingerprint density at radius 3 is 2.87 bits per heavy atom. The molecule has 15 heavy (non-hydrogen) atoms. The molecule has 0 saturated carbocycles. The van der Waals surface area contributed by atoms with Crippen molar-refractivity contribution in [1.82, 2.24) is 9.55 Å². The van der Waals surface area contributed by atoms with Gasteiger partial charge in [0.1, 0.15) is 11.6 Å². The fourth-order valence-electron chi connectivity index (χ4n) is 1.28. The summed E-state index contributed by atoms with van der Waals surface area (Å²) >= 11 is 0. The average Bonchev–Trinajstić information content (AvgIpc) is 2.30. The number of hydrogen-bond donors (Lipinski definition) is 0. The SMILES string of the molecule is N#Cc1cccn(-c2cccnc2)c1=O. The Kier molecular flexibility index (Phi) is 2.30. The predicted molar refractivity (Wildman–Crippen MR) is 54.5 cm³/mol. The van der Waals surface area contributed by atoms with E-state index in [-0.39, 0.29) is 11.1 Å². The molecule has 0 spiro atoms. The van der Waals surface area contributed by atoms with Gasteiger partial charge in [-0.25, -0.2) is 0 Å². The number of nitrogens with zero attached hydrogens (tertiary/aromatic N) is 3. The van der Waals surface area contributed by atoms with Crippen molar-refractivity contribution in [1.29, 1.82) is 5.26 Å². The lowest BCUT2D eigenvalue weighted by Crippen LogP contribution is -2.19. The van der Waals surface area contributed by atoms with Gasteiger partial charge in [0.2, 0.25) is 0 Å². The van der Waals surface area contributed by atoms with Crippen LogP contribution in [0, 0.1) is 11.3 Å². The van der Waals surface area contributed by atoms with Crippen LogP contribution in [0.4, 0.5) is 0 Å². The second-order valence-electron chi connectivity index (χ2n) is 2.92. The summed E-state index contributed by atoms with van der Waals surface area (Å²) in [6.45, 7) is 0. The van der Waals surface area contributed by atoms with E-state index in [1.165, 1.54) is 10.6 Å². The zero-order chi connectivity index (χ0) is 10.7. The molecule has 2 aromatic rings. The van der Waals surface area contributed by atoms with E-state index in [1.54, 1.807) is 36.8 Å². The molecule has 4 nitrogen and oxygen atoms in total. The van der Waals surface area contributed by atoms with Crippen LogP contribution in [0.25, 0.3) is 5.69 Å². The van der Waals surface area contributed by atoms with Crippen LogP contribution in [0.2, 0.25) is 0 Å². The molecule has 2 aromatic heterocycles. The maximum atomic E-state index is 11.7. The predicted octanol–water partition coefficient (Wildman–Crippen LogP) is 1.10. The Morgan fingerprint density at radius 1 is 1.33 bits per heavy atom. The minimum atomic E-state index is -0.326. The van der Waals surface area contributed by atoms with Crippen molar-refractivity contribution in [2.45, 2.75) is 0 Å². The molecule has 2 heterocycles. The largest absolute Gasteiger partial charge is 0.282 e. The Morgan fingerprint density at radius 2 is 2.20 bits per heavy atom. The maximum Gasteiger partial charge on any atom is 0.273 e. The highest BCUT2D eigenvalue weighted by Gasteiger charge is 2.02. The third-order valence-electron chi connectivity index (χ3n) is 1.99. The van der Waals surface area contributed by atoms with E-state index < -0.39 is 0 Å². The van der Waals surface area contributed by atoms with Crippen LogP contribution in [0.1, 0.15) is 5.56 Å². The molecule has 0 amide bonds. The van der Waals surface area contributed by atoms with Crippen LogP contribution >= 0.6 is 0 Å². The molecule has 0 fully saturated rings. The summed E-state index contributed by atoms with van der Waals surface area (Å²) in [5.74, 6) is 0. The van der Waals surface area contributed by atoms with Gasteiger partial charge < -0.3 is 0 Å². The average molecular weight is 197 g/mol. The topological polar surface area (TPSA) is 58.7 Å². The van der Waals surface area contributed by atoms with Crippen LogP contribution in [-0.4, -0.2) is 9.55 Å². The molecule has 0 saturated heterocycles. The van der Waals surface area contributed by atoms with Gasteiger partial charge in [0.25, 0.3) is 5.56 Å². The van der Waals surface area contributed by atoms with E-state index in [2.05, 4.69) is 4.98 Å². The van der Waals surface area contributed by atoms with Gasteiger partial charge in [0, 0.05) is 12.4 Å². The van der Waals surface area contributed by atoms with Crippen molar-refractivity contribution < 1.29 is 0 Å². The number of aromatic nitrogens is 2. The zero-order valence-electron chi connectivity index (χ0n) is 7.79. The van der Waals surface area contributed by atoms with E-state index in [0.29, 0.717) is 5.69 Å². The van der Waals surface area contributed by atoms with Gasteiger partial charge >= 0.3 is 0 Å². The van der Waals surface area contributed by atoms with Gasteiger partial charge in [-0.1, -0.05) is 0 Å². The van der Waals surface area contributed by atoms with Crippen molar-refractivity contribution in [2.24, 2.45) is 0 Å². The number of hydrogen-bond acceptors (Lipinski definition) is 3. The fraction of sp³-hybridized carbons (Fsp3) is 0. The Balaban J connectivity index is 2.66. The molecule has 0 radical (unpaired) electrons. The first-order chi connectivity index (χ1) is 7.33. The first kappa shape index (κ1) is 9.16. The van der Waals surface area contributed by atoms with E-state index in [4.69, 9.17) is 5.26 Å². The van der Waals surface area contributed by atoms with E-state index in [1.807, 2.05) is 6.07 Å². The van der Waals surface area contributed by atoms with Gasteiger partial charge in [-0.05, 0) is 24.3 Å². The van der Waals surface area contributed by atoms with Crippen molar-refractivity contribution >= 4 is 0 Å². The first-order valence-corrected chi connectivity index (χ1v) is 4.35. The lowest BCUT2D eigenvalue weighted by Gasteiger charge is -2.03. The number of rotatable bonds is 1. The first-order valence-electron chi connectivity index (χ1n) is 4.35. The monoisotopic (exact) mass is 197 g/mol. The van der Waals surface area contributed by atoms with Crippen LogP contribution in [-0.2, 0) is 0 Å². The van der Waals surface area contributed by atoms with Crippen LogP contribution in [0.3, 0.4) is 0 Å². The Labute approximate surface area is 86.1 Å². The van der Waals surface area contributed by atoms with Gasteiger partial charge in [-0.3, -0.25) is 14.3 Å². The highest BCUT2D eigenvalue weighted by Crippen LogP contribution is 2.01. The van der Waals surface area contributed by atoms with Crippen LogP contribution < -0.4 is 5.56 Å². The van der Waals surface area contributed by atoms with Gasteiger partial charge in [-0.15, -0.1) is 0 Å². The summed E-state index contributed by atoms with van der Waals surface area (Å²) in [6.07, 6.45) is 4.81. The van der Waals surface area contributed by atoms with E-state index >= 15 is 0 Å². The molecular weight excluding hydrogens is 190 g/mol. The smallest absolute Gasteiger partial charge is 0.273 e. The third kappa shape index (κ3) is 1.63. The molecule has 0 aliphatic heterocycles. The lowest BCUT2D eigenvalue weighted by molar-refractivity contribution is 0.971. The Hall–Kier alpha value is -2.41. The molecule has 0 aliphatic rings. The molecule has 0 aliphatic carbocycles. The summed E-state index contributed by atoms with van der Waals surface area (Å²) in [6, 6.07) is 8.50. The minimum absolute atomic E-state index is 0.126. The summed E-state index contributed by atoms with van der Waals surface area (Å²) in [5.41, 5.74) is 0.453. The molecule has 0 atom stereocenters. The van der Waals surface area contributed by atoms with Crippen molar-refractivity contribution in [3.05, 3.63) is 58.8 Å². The van der Waals surface area contributed by atoms with Crippen LogP contribution in [0.5, 0.6) is 0 Å². The van der Waals surface area contributed by atoms with Crippen molar-refractivity contribution in [2.75, 3.05) is 0 Å². The van der Waals surface area contributed by atoms with Crippen LogP contribution in [0.15, 0.2) is 47.7 Å². The molecule has 0 aromatic carbocycles. The zero-order valence-corrected chi connectivity index (χ0v) is 7.79. The summed E-state index contributed by atoms with van der Waals surface area (Å²) in [4.78, 5) is 15.6. The molecule has 0 bridgehead atoms. The van der Waals surface area contributed by atoms with Gasteiger partial charge in [0.05, 0.1) is 11.9 Å². The normalized spacial score (nSPS) is 9.53. The van der Waals surface area contributed by atoms with E-state index in [9.17, 15) is 4.79 Å². The third-order valence-corrected chi connectivity index (χ3v) is 1.99. The molecule has 0 unspecified atom stereocenters. The van der Waals surface area contributed by atoms with Crippen molar-refractivity contribution in [3.63, 3.8) is 0 Å². The number of pyridine rings is 2. The van der Waals surface area contributed by atoms with E-state index in [0.717, 1.165) is 0 Å². The van der Waals surface area contributed by atoms with Crippen molar-refractivity contribution in [3.8, 4) is 11.8 Å². The molecule has 4 heteroatoms. The second kappa shape index (κ2) is 3.76. The minimum Gasteiger partial charge on any atom is -0.282 e. The standard InChI is InChI=1S/C11H7N3O/c12-7-9-3-2-6-14(11(9)15)10-4-1-5-13-8-10/h1-6,8H. The van der Waals surface area contributed by atoms with Gasteiger partial charge in [0.15, 0.2) is 0 Å². The summed E-state index contributed by atoms with van der Waals surface area (Å²) in [5, 5.41) is 8.71. The fourth-order valence-corrected chi connectivity index (χ4v) is 1.28. The second-order valence-corrected chi connectivity index (χ2v) is 2.92. The molecule has 0 N–H and O–H groups in total.